The van der Waals surface area contributed by atoms with E-state index in [1.54, 1.807) is 24.5 Å². The second-order valence-electron chi connectivity index (χ2n) is 11.2. The molecule has 9 nitrogen and oxygen atoms in total. The van der Waals surface area contributed by atoms with E-state index in [1.165, 1.54) is 7.11 Å². The van der Waals surface area contributed by atoms with Crippen LogP contribution in [0.25, 0.3) is 0 Å². The van der Waals surface area contributed by atoms with E-state index in [0.29, 0.717) is 30.6 Å². The highest BCUT2D eigenvalue weighted by Crippen LogP contribution is 2.43. The molecule has 0 spiro atoms. The molecule has 2 atom stereocenters. The molecular formula is C34H46N3O6-. The topological polar surface area (TPSA) is 157 Å². The van der Waals surface area contributed by atoms with Gasteiger partial charge in [0.05, 0.1) is 13.5 Å². The Morgan fingerprint density at radius 3 is 2.35 bits per heavy atom. The number of carbonyl (C=O) groups excluding carboxylic acids is 2. The van der Waals surface area contributed by atoms with Gasteiger partial charge in [0.1, 0.15) is 17.4 Å². The molecule has 0 aliphatic rings. The van der Waals surface area contributed by atoms with E-state index in [0.717, 1.165) is 61.8 Å². The van der Waals surface area contributed by atoms with Crippen molar-refractivity contribution in [3.05, 3.63) is 71.2 Å². The lowest BCUT2D eigenvalue weighted by Gasteiger charge is -2.29. The minimum Gasteiger partial charge on any atom is -0.668 e. The van der Waals surface area contributed by atoms with Crippen LogP contribution >= 0.6 is 0 Å². The largest absolute Gasteiger partial charge is 0.668 e. The van der Waals surface area contributed by atoms with E-state index in [1.807, 2.05) is 24.3 Å². The lowest BCUT2D eigenvalue weighted by Crippen LogP contribution is -2.22. The van der Waals surface area contributed by atoms with E-state index >= 15 is 0 Å². The first-order valence-electron chi connectivity index (χ1n) is 15.3. The average Bonchev–Trinajstić information content (AvgIpc) is 3.51. The molecule has 3 aromatic rings. The first-order chi connectivity index (χ1) is 20.9. The predicted octanol–water partition coefficient (Wildman–Crippen LogP) is 4.89. The summed E-state index contributed by atoms with van der Waals surface area (Å²) in [5.74, 6) is -0.414. The Bertz CT molecular complexity index is 1280. The van der Waals surface area contributed by atoms with Crippen LogP contribution in [0.4, 0.5) is 5.82 Å². The van der Waals surface area contributed by atoms with Crippen LogP contribution in [-0.2, 0) is 22.4 Å². The van der Waals surface area contributed by atoms with Crippen molar-refractivity contribution >= 4 is 17.4 Å². The number of ether oxygens (including phenoxy) is 1. The summed E-state index contributed by atoms with van der Waals surface area (Å²) in [5, 5.41) is 30.6. The van der Waals surface area contributed by atoms with Gasteiger partial charge in [0.2, 0.25) is 0 Å². The van der Waals surface area contributed by atoms with Crippen LogP contribution in [0.3, 0.4) is 0 Å². The number of aryl methyl sites for hydroxylation is 1. The molecule has 2 unspecified atom stereocenters. The van der Waals surface area contributed by atoms with E-state index in [4.69, 9.17) is 15.6 Å². The molecule has 0 amide bonds. The van der Waals surface area contributed by atoms with Crippen LogP contribution in [0.15, 0.2) is 48.8 Å². The van der Waals surface area contributed by atoms with Crippen molar-refractivity contribution in [2.45, 2.75) is 83.0 Å². The highest BCUT2D eigenvalue weighted by molar-refractivity contribution is 5.99. The number of phenols is 1. The first-order valence-corrected chi connectivity index (χ1v) is 15.3. The number of hydrogen-bond donors (Lipinski definition) is 4. The van der Waals surface area contributed by atoms with Crippen LogP contribution in [0, 0.1) is 5.92 Å². The number of nitrogens with zero attached hydrogens (tertiary/aromatic N) is 2. The minimum atomic E-state index is -0.465. The predicted molar refractivity (Wildman–Crippen MR) is 166 cm³/mol. The van der Waals surface area contributed by atoms with Crippen molar-refractivity contribution in [3.8, 4) is 11.5 Å². The van der Waals surface area contributed by atoms with Gasteiger partial charge in [-0.25, -0.2) is 4.98 Å². The third-order valence-electron chi connectivity index (χ3n) is 7.88. The summed E-state index contributed by atoms with van der Waals surface area (Å²) in [5.41, 5.74) is 8.94. The molecule has 9 heteroatoms. The molecule has 1 aromatic carbocycles. The number of phenolic OH excluding ortho intramolecular Hbond substituents is 1. The number of unbranched alkanes of at least 4 members (excludes halogenated alkanes) is 6. The Hall–Kier alpha value is -3.69. The number of hydrogen-bond acceptors (Lipinski definition) is 8. The number of aromatic hydroxyl groups is 1. The molecular weight excluding hydrogens is 546 g/mol. The quantitative estimate of drug-likeness (QED) is 0.0998. The maximum atomic E-state index is 12.7. The van der Waals surface area contributed by atoms with Gasteiger partial charge in [0.15, 0.2) is 11.5 Å². The van der Waals surface area contributed by atoms with Crippen LogP contribution in [0.2, 0.25) is 0 Å². The second kappa shape index (κ2) is 18.1. The number of pyridine rings is 1. The van der Waals surface area contributed by atoms with Gasteiger partial charge in [-0.05, 0) is 60.9 Å². The number of aromatic nitrogens is 2. The SMILES string of the molecule is COc1cc(CCC(=O)CC(=O)CCCCCCCCCO)cc(C(c2ccnc(N)c2)C(CO)Cc2ccc[n-]2)c1O. The van der Waals surface area contributed by atoms with Crippen molar-refractivity contribution < 1.29 is 29.6 Å². The van der Waals surface area contributed by atoms with E-state index in [2.05, 4.69) is 9.97 Å². The first kappa shape index (κ1) is 33.8. The number of rotatable bonds is 21. The maximum absolute atomic E-state index is 12.7. The van der Waals surface area contributed by atoms with Crippen LogP contribution in [-0.4, -0.2) is 52.2 Å². The number of ketones is 2. The molecule has 0 saturated heterocycles. The molecule has 5 N–H and O–H groups in total. The Morgan fingerprint density at radius 2 is 1.70 bits per heavy atom. The van der Waals surface area contributed by atoms with Crippen molar-refractivity contribution in [3.63, 3.8) is 0 Å². The lowest BCUT2D eigenvalue weighted by atomic mass is 9.78. The molecule has 234 valence electrons. The molecule has 2 aromatic heterocycles. The Balaban J connectivity index is 1.70. The number of carbonyl (C=O) groups is 2. The normalized spacial score (nSPS) is 12.6. The molecule has 0 radical (unpaired) electrons. The fraction of sp³-hybridized carbons (Fsp3) is 0.500. The van der Waals surface area contributed by atoms with Gasteiger partial charge in [-0.15, -0.1) is 0 Å². The van der Waals surface area contributed by atoms with Crippen LogP contribution in [0.5, 0.6) is 11.5 Å². The van der Waals surface area contributed by atoms with Gasteiger partial charge in [-0.3, -0.25) is 9.59 Å². The average molecular weight is 593 g/mol. The van der Waals surface area contributed by atoms with Crippen molar-refractivity contribution in [2.75, 3.05) is 26.1 Å². The number of anilines is 1. The zero-order valence-electron chi connectivity index (χ0n) is 25.2. The number of methoxy groups -OCH3 is 1. The fourth-order valence-corrected chi connectivity index (χ4v) is 5.60. The summed E-state index contributed by atoms with van der Waals surface area (Å²) < 4.78 is 5.51. The summed E-state index contributed by atoms with van der Waals surface area (Å²) in [6.45, 7) is 0.0689. The van der Waals surface area contributed by atoms with Gasteiger partial charge in [-0.1, -0.05) is 50.3 Å². The molecule has 0 fully saturated rings. The van der Waals surface area contributed by atoms with Gasteiger partial charge in [0.25, 0.3) is 0 Å². The lowest BCUT2D eigenvalue weighted by molar-refractivity contribution is -0.127. The molecule has 0 aliphatic carbocycles. The number of benzene rings is 1. The number of aliphatic hydroxyl groups is 2. The number of nitrogens with two attached hydrogens (primary N) is 1. The van der Waals surface area contributed by atoms with Crippen molar-refractivity contribution in [1.29, 1.82) is 0 Å². The zero-order valence-corrected chi connectivity index (χ0v) is 25.2. The number of Topliss-reactive ketones (excluding diaryl/α,β-unsaturated/α-hetero) is 2. The molecule has 0 bridgehead atoms. The van der Waals surface area contributed by atoms with E-state index in [-0.39, 0.29) is 55.0 Å². The van der Waals surface area contributed by atoms with Gasteiger partial charge < -0.3 is 30.8 Å². The third kappa shape index (κ3) is 10.8. The standard InChI is InChI=1S/C34H46N3O6/c1-43-31-19-24(12-13-29(41)22-28(40)11-7-5-3-2-4-6-8-17-38)18-30(34(31)42)33(25-14-16-37-32(35)21-25)26(23-39)20-27-10-9-15-36-27/h9-10,14-16,18-19,21,26,33,38-39,42H,2-8,11-13,17,20,22-23H2,1H3,(H2,35,37)/q-1. The number of nitrogen functional groups attached to an aromatic ring is 1. The Morgan fingerprint density at radius 1 is 0.977 bits per heavy atom. The maximum Gasteiger partial charge on any atom is 0.161 e. The van der Waals surface area contributed by atoms with Crippen LogP contribution < -0.4 is 15.5 Å². The Kier molecular flexibility index (Phi) is 14.2. The molecule has 0 saturated carbocycles. The summed E-state index contributed by atoms with van der Waals surface area (Å²) in [7, 11) is 1.47. The highest BCUT2D eigenvalue weighted by Gasteiger charge is 2.29. The molecule has 0 aliphatic heterocycles. The van der Waals surface area contributed by atoms with Gasteiger partial charge in [0, 0.05) is 43.7 Å². The monoisotopic (exact) mass is 592 g/mol. The van der Waals surface area contributed by atoms with Crippen LogP contribution in [0.1, 0.15) is 92.5 Å². The van der Waals surface area contributed by atoms with E-state index < -0.39 is 5.92 Å². The van der Waals surface area contributed by atoms with Crippen molar-refractivity contribution in [1.82, 2.24) is 9.97 Å². The Labute approximate surface area is 254 Å². The molecule has 2 heterocycles. The highest BCUT2D eigenvalue weighted by atomic mass is 16.5. The smallest absolute Gasteiger partial charge is 0.161 e. The summed E-state index contributed by atoms with van der Waals surface area (Å²) in [6.07, 6.45) is 11.6. The second-order valence-corrected chi connectivity index (χ2v) is 11.2. The van der Waals surface area contributed by atoms with Crippen molar-refractivity contribution in [2.24, 2.45) is 5.92 Å². The molecule has 3 rings (SSSR count). The summed E-state index contributed by atoms with van der Waals surface area (Å²) in [4.78, 5) is 33.6. The van der Waals surface area contributed by atoms with Gasteiger partial charge >= 0.3 is 0 Å². The minimum absolute atomic E-state index is 0.0310. The fourth-order valence-electron chi connectivity index (χ4n) is 5.60. The third-order valence-corrected chi connectivity index (χ3v) is 7.88. The zero-order chi connectivity index (χ0) is 31.0. The summed E-state index contributed by atoms with van der Waals surface area (Å²) in [6, 6.07) is 10.8. The summed E-state index contributed by atoms with van der Waals surface area (Å²) >= 11 is 0. The van der Waals surface area contributed by atoms with E-state index in [9.17, 15) is 19.8 Å². The molecule has 43 heavy (non-hydrogen) atoms. The van der Waals surface area contributed by atoms with Gasteiger partial charge in [-0.2, -0.15) is 11.9 Å². The number of aliphatic hydroxyl groups excluding tert-OH is 2.